The summed E-state index contributed by atoms with van der Waals surface area (Å²) in [7, 11) is 2.01. The zero-order valence-electron chi connectivity index (χ0n) is 10.2. The van der Waals surface area contributed by atoms with Crippen molar-refractivity contribution >= 4 is 5.96 Å². The fourth-order valence-corrected chi connectivity index (χ4v) is 1.22. The fourth-order valence-electron chi connectivity index (χ4n) is 1.22. The van der Waals surface area contributed by atoms with Crippen molar-refractivity contribution in [3.63, 3.8) is 0 Å². The van der Waals surface area contributed by atoms with Crippen LogP contribution >= 0.6 is 0 Å². The summed E-state index contributed by atoms with van der Waals surface area (Å²) in [4.78, 5) is 6.41. The Labute approximate surface area is 88.4 Å². The van der Waals surface area contributed by atoms with E-state index >= 15 is 0 Å². The lowest BCUT2D eigenvalue weighted by molar-refractivity contribution is 0.361. The van der Waals surface area contributed by atoms with Crippen molar-refractivity contribution in [2.45, 2.75) is 46.6 Å². The molecule has 0 saturated carbocycles. The first kappa shape index (κ1) is 13.3. The Morgan fingerprint density at radius 3 is 2.36 bits per heavy atom. The highest BCUT2D eigenvalue weighted by Crippen LogP contribution is 2.03. The minimum absolute atomic E-state index is 0.482. The van der Waals surface area contributed by atoms with Gasteiger partial charge in [-0.15, -0.1) is 0 Å². The molecule has 3 heteroatoms. The number of aliphatic imine (C=N–C) groups is 1. The molecular weight excluding hydrogens is 174 g/mol. The van der Waals surface area contributed by atoms with Gasteiger partial charge in [0, 0.05) is 19.6 Å². The number of nitrogens with two attached hydrogens (primary N) is 1. The van der Waals surface area contributed by atoms with Crippen molar-refractivity contribution in [3.05, 3.63) is 0 Å². The maximum atomic E-state index is 5.87. The first-order valence-electron chi connectivity index (χ1n) is 5.51. The summed E-state index contributed by atoms with van der Waals surface area (Å²) < 4.78 is 0. The summed E-state index contributed by atoms with van der Waals surface area (Å²) in [5.41, 5.74) is 5.87. The van der Waals surface area contributed by atoms with Gasteiger partial charge in [-0.2, -0.15) is 0 Å². The van der Waals surface area contributed by atoms with E-state index in [1.807, 2.05) is 7.05 Å². The number of guanidine groups is 1. The molecule has 0 rings (SSSR count). The Hall–Kier alpha value is -0.730. The average Bonchev–Trinajstić information content (AvgIpc) is 2.13. The van der Waals surface area contributed by atoms with Gasteiger partial charge >= 0.3 is 0 Å². The molecule has 0 aromatic heterocycles. The maximum absolute atomic E-state index is 5.87. The van der Waals surface area contributed by atoms with E-state index < -0.39 is 0 Å². The fraction of sp³-hybridized carbons (Fsp3) is 0.909. The summed E-state index contributed by atoms with van der Waals surface area (Å²) in [6.45, 7) is 9.47. The van der Waals surface area contributed by atoms with E-state index in [1.54, 1.807) is 0 Å². The molecule has 0 radical (unpaired) electrons. The van der Waals surface area contributed by atoms with E-state index in [1.165, 1.54) is 6.42 Å². The van der Waals surface area contributed by atoms with Gasteiger partial charge in [0.05, 0.1) is 0 Å². The predicted molar refractivity (Wildman–Crippen MR) is 63.5 cm³/mol. The van der Waals surface area contributed by atoms with Gasteiger partial charge in [-0.1, -0.05) is 27.2 Å². The van der Waals surface area contributed by atoms with Crippen LogP contribution in [-0.4, -0.2) is 30.5 Å². The van der Waals surface area contributed by atoms with Gasteiger partial charge in [0.25, 0.3) is 0 Å². The van der Waals surface area contributed by atoms with Crippen molar-refractivity contribution < 1.29 is 0 Å². The Morgan fingerprint density at radius 2 is 1.93 bits per heavy atom. The van der Waals surface area contributed by atoms with Crippen molar-refractivity contribution in [2.24, 2.45) is 16.6 Å². The Morgan fingerprint density at radius 1 is 1.36 bits per heavy atom. The molecule has 3 nitrogen and oxygen atoms in total. The Kier molecular flexibility index (Phi) is 6.34. The van der Waals surface area contributed by atoms with Gasteiger partial charge in [-0.05, 0) is 19.3 Å². The van der Waals surface area contributed by atoms with Crippen LogP contribution in [0.25, 0.3) is 0 Å². The zero-order chi connectivity index (χ0) is 11.1. The highest BCUT2D eigenvalue weighted by atomic mass is 15.2. The van der Waals surface area contributed by atoms with E-state index in [0.717, 1.165) is 13.0 Å². The van der Waals surface area contributed by atoms with Crippen LogP contribution in [0.3, 0.4) is 0 Å². The minimum atomic E-state index is 0.482. The average molecular weight is 199 g/mol. The Bertz CT molecular complexity index is 175. The van der Waals surface area contributed by atoms with Crippen molar-refractivity contribution in [3.8, 4) is 0 Å². The molecular formula is C11H25N3. The lowest BCUT2D eigenvalue weighted by Gasteiger charge is -2.25. The molecule has 84 valence electrons. The molecule has 0 aliphatic rings. The first-order valence-corrected chi connectivity index (χ1v) is 5.51. The second-order valence-corrected chi connectivity index (χ2v) is 4.34. The predicted octanol–water partition coefficient (Wildman–Crippen LogP) is 2.08. The van der Waals surface area contributed by atoms with E-state index in [4.69, 9.17) is 5.73 Å². The molecule has 0 fully saturated rings. The van der Waals surface area contributed by atoms with E-state index in [9.17, 15) is 0 Å². The van der Waals surface area contributed by atoms with Crippen LogP contribution in [0.15, 0.2) is 4.99 Å². The summed E-state index contributed by atoms with van der Waals surface area (Å²) in [6.07, 6.45) is 2.34. The lowest BCUT2D eigenvalue weighted by atomic mass is 10.2. The van der Waals surface area contributed by atoms with Gasteiger partial charge in [0.15, 0.2) is 5.96 Å². The monoisotopic (exact) mass is 199 g/mol. The summed E-state index contributed by atoms with van der Waals surface area (Å²) >= 11 is 0. The van der Waals surface area contributed by atoms with Crippen LogP contribution in [-0.2, 0) is 0 Å². The molecule has 14 heavy (non-hydrogen) atoms. The molecule has 2 N–H and O–H groups in total. The number of rotatable bonds is 5. The third kappa shape index (κ3) is 5.10. The maximum Gasteiger partial charge on any atom is 0.191 e. The van der Waals surface area contributed by atoms with Crippen molar-refractivity contribution in [2.75, 3.05) is 13.6 Å². The zero-order valence-corrected chi connectivity index (χ0v) is 10.2. The van der Waals surface area contributed by atoms with Crippen LogP contribution in [0.5, 0.6) is 0 Å². The van der Waals surface area contributed by atoms with Crippen molar-refractivity contribution in [1.82, 2.24) is 4.90 Å². The lowest BCUT2D eigenvalue weighted by Crippen LogP contribution is -2.40. The second-order valence-electron chi connectivity index (χ2n) is 4.34. The van der Waals surface area contributed by atoms with Gasteiger partial charge < -0.3 is 10.6 Å². The van der Waals surface area contributed by atoms with Gasteiger partial charge in [0.1, 0.15) is 0 Å². The van der Waals surface area contributed by atoms with Gasteiger partial charge in [-0.25, -0.2) is 0 Å². The number of nitrogens with zero attached hydrogens (tertiary/aromatic N) is 2. The van der Waals surface area contributed by atoms with E-state index in [-0.39, 0.29) is 0 Å². The molecule has 0 aliphatic heterocycles. The summed E-state index contributed by atoms with van der Waals surface area (Å²) in [5, 5.41) is 0. The van der Waals surface area contributed by atoms with E-state index in [0.29, 0.717) is 17.9 Å². The molecule has 0 spiro atoms. The standard InChI is InChI=1S/C11H25N3/c1-6-7-10(4)14(5)11(12)13-8-9(2)3/h9-10H,6-8H2,1-5H3,(H2,12,13). The molecule has 1 unspecified atom stereocenters. The smallest absolute Gasteiger partial charge is 0.191 e. The molecule has 0 saturated heterocycles. The molecule has 0 aromatic carbocycles. The van der Waals surface area contributed by atoms with Crippen LogP contribution in [0, 0.1) is 5.92 Å². The third-order valence-electron chi connectivity index (χ3n) is 2.35. The van der Waals surface area contributed by atoms with Crippen molar-refractivity contribution in [1.29, 1.82) is 0 Å². The highest BCUT2D eigenvalue weighted by molar-refractivity contribution is 5.78. The van der Waals surface area contributed by atoms with Crippen LogP contribution in [0.1, 0.15) is 40.5 Å². The number of hydrogen-bond acceptors (Lipinski definition) is 1. The largest absolute Gasteiger partial charge is 0.370 e. The molecule has 0 aromatic rings. The van der Waals surface area contributed by atoms with Gasteiger partial charge in [0.2, 0.25) is 0 Å². The molecule has 0 amide bonds. The molecule has 0 heterocycles. The normalized spacial score (nSPS) is 14.6. The molecule has 1 atom stereocenters. The summed E-state index contributed by atoms with van der Waals surface area (Å²) in [5.74, 6) is 1.24. The molecule has 0 aliphatic carbocycles. The highest BCUT2D eigenvalue weighted by Gasteiger charge is 2.09. The quantitative estimate of drug-likeness (QED) is 0.544. The summed E-state index contributed by atoms with van der Waals surface area (Å²) in [6, 6.07) is 0.482. The first-order chi connectivity index (χ1) is 6.49. The van der Waals surface area contributed by atoms with Crippen LogP contribution in [0.4, 0.5) is 0 Å². The van der Waals surface area contributed by atoms with Crippen LogP contribution < -0.4 is 5.73 Å². The van der Waals surface area contributed by atoms with E-state index in [2.05, 4.69) is 37.6 Å². The van der Waals surface area contributed by atoms with Gasteiger partial charge in [-0.3, -0.25) is 4.99 Å². The second kappa shape index (κ2) is 6.68. The Balaban J connectivity index is 4.08. The minimum Gasteiger partial charge on any atom is -0.370 e. The topological polar surface area (TPSA) is 41.6 Å². The number of hydrogen-bond donors (Lipinski definition) is 1. The SMILES string of the molecule is CCCC(C)N(C)C(N)=NCC(C)C. The molecule has 0 bridgehead atoms. The third-order valence-corrected chi connectivity index (χ3v) is 2.35. The van der Waals surface area contributed by atoms with Crippen LogP contribution in [0.2, 0.25) is 0 Å².